The molecule has 1 fully saturated rings. The van der Waals surface area contributed by atoms with Gasteiger partial charge in [-0.25, -0.2) is 4.98 Å². The molecule has 0 saturated carbocycles. The number of nitrogens with zero attached hydrogens (tertiary/aromatic N) is 2. The molecule has 1 saturated heterocycles. The lowest BCUT2D eigenvalue weighted by molar-refractivity contribution is -0.149. The van der Waals surface area contributed by atoms with Crippen LogP contribution in [0.3, 0.4) is 0 Å². The molecule has 3 heterocycles. The lowest BCUT2D eigenvalue weighted by Crippen LogP contribution is -2.42. The van der Waals surface area contributed by atoms with Gasteiger partial charge in [-0.2, -0.15) is 0 Å². The summed E-state index contributed by atoms with van der Waals surface area (Å²) in [5.41, 5.74) is 0.912. The van der Waals surface area contributed by atoms with Gasteiger partial charge in [0.05, 0.1) is 22.7 Å². The number of ether oxygens (including phenoxy) is 1. The van der Waals surface area contributed by atoms with Crippen molar-refractivity contribution in [3.05, 3.63) is 42.2 Å². The van der Waals surface area contributed by atoms with Crippen molar-refractivity contribution in [2.75, 3.05) is 19.7 Å². The Bertz CT molecular complexity index is 944. The minimum atomic E-state index is -0.263. The Hall–Kier alpha value is -2.67. The number of hydrogen-bond donors (Lipinski definition) is 0. The summed E-state index contributed by atoms with van der Waals surface area (Å²) in [5, 5.41) is 0.748. The zero-order valence-corrected chi connectivity index (χ0v) is 15.8. The zero-order chi connectivity index (χ0) is 18.8. The minimum Gasteiger partial charge on any atom is -0.466 e. The van der Waals surface area contributed by atoms with Gasteiger partial charge in [-0.05, 0) is 44.0 Å². The number of likely N-dealkylation sites (tertiary alicyclic amines) is 1. The Morgan fingerprint density at radius 3 is 2.96 bits per heavy atom. The number of benzene rings is 1. The van der Waals surface area contributed by atoms with Gasteiger partial charge in [-0.15, -0.1) is 11.3 Å². The standard InChI is InChI=1S/C20H20N2O4S/c1-2-25-20(24)13-6-5-11-22(12-13)19(23)16-10-9-15(26-16)18-21-14-7-3-4-8-17(14)27-18/h3-4,7-10,13H,2,5-6,11-12H2,1H3. The van der Waals surface area contributed by atoms with E-state index in [9.17, 15) is 9.59 Å². The van der Waals surface area contributed by atoms with Crippen molar-refractivity contribution in [1.82, 2.24) is 9.88 Å². The molecule has 6 nitrogen and oxygen atoms in total. The molecular formula is C20H20N2O4S. The number of hydrogen-bond acceptors (Lipinski definition) is 6. The largest absolute Gasteiger partial charge is 0.466 e. The number of aromatic nitrogens is 1. The summed E-state index contributed by atoms with van der Waals surface area (Å²) in [6, 6.07) is 11.3. The van der Waals surface area contributed by atoms with Crippen LogP contribution >= 0.6 is 11.3 Å². The SMILES string of the molecule is CCOC(=O)C1CCCN(C(=O)c2ccc(-c3nc4ccccc4s3)o2)C1. The number of fused-ring (bicyclic) bond motifs is 1. The number of piperidine rings is 1. The molecule has 0 bridgehead atoms. The predicted molar refractivity (Wildman–Crippen MR) is 103 cm³/mol. The number of rotatable bonds is 4. The van der Waals surface area contributed by atoms with E-state index in [4.69, 9.17) is 9.15 Å². The number of furan rings is 1. The van der Waals surface area contributed by atoms with Crippen LogP contribution in [-0.2, 0) is 9.53 Å². The molecule has 3 aromatic rings. The van der Waals surface area contributed by atoms with Gasteiger partial charge in [0, 0.05) is 13.1 Å². The third-order valence-corrected chi connectivity index (χ3v) is 5.70. The van der Waals surface area contributed by atoms with Crippen LogP contribution in [0.4, 0.5) is 0 Å². The molecule has 1 unspecified atom stereocenters. The van der Waals surface area contributed by atoms with Crippen LogP contribution in [0.2, 0.25) is 0 Å². The van der Waals surface area contributed by atoms with E-state index in [0.29, 0.717) is 25.5 Å². The summed E-state index contributed by atoms with van der Waals surface area (Å²) in [6.45, 7) is 3.13. The van der Waals surface area contributed by atoms with E-state index in [-0.39, 0.29) is 23.6 Å². The van der Waals surface area contributed by atoms with Gasteiger partial charge >= 0.3 is 5.97 Å². The second-order valence-electron chi connectivity index (χ2n) is 6.49. The minimum absolute atomic E-state index is 0.198. The Labute approximate surface area is 160 Å². The molecule has 0 radical (unpaired) electrons. The summed E-state index contributed by atoms with van der Waals surface area (Å²) in [7, 11) is 0. The molecule has 1 atom stereocenters. The van der Waals surface area contributed by atoms with E-state index in [2.05, 4.69) is 4.98 Å². The molecule has 4 rings (SSSR count). The molecule has 2 aromatic heterocycles. The molecule has 140 valence electrons. The Balaban J connectivity index is 1.50. The molecule has 0 N–H and O–H groups in total. The van der Waals surface area contributed by atoms with Crippen molar-refractivity contribution in [1.29, 1.82) is 0 Å². The first-order valence-electron chi connectivity index (χ1n) is 9.07. The first-order valence-corrected chi connectivity index (χ1v) is 9.89. The smallest absolute Gasteiger partial charge is 0.310 e. The van der Waals surface area contributed by atoms with E-state index in [1.807, 2.05) is 24.3 Å². The van der Waals surface area contributed by atoms with Crippen LogP contribution in [0.5, 0.6) is 0 Å². The van der Waals surface area contributed by atoms with Crippen molar-refractivity contribution in [2.24, 2.45) is 5.92 Å². The topological polar surface area (TPSA) is 72.6 Å². The van der Waals surface area contributed by atoms with Crippen molar-refractivity contribution in [2.45, 2.75) is 19.8 Å². The maximum atomic E-state index is 12.8. The fourth-order valence-electron chi connectivity index (χ4n) is 3.32. The molecule has 1 aliphatic rings. The number of esters is 1. The summed E-state index contributed by atoms with van der Waals surface area (Å²) >= 11 is 1.53. The van der Waals surface area contributed by atoms with Crippen LogP contribution in [-0.4, -0.2) is 41.5 Å². The van der Waals surface area contributed by atoms with Crippen LogP contribution in [0.1, 0.15) is 30.3 Å². The number of carbonyl (C=O) groups is 2. The van der Waals surface area contributed by atoms with Crippen molar-refractivity contribution >= 4 is 33.4 Å². The van der Waals surface area contributed by atoms with Crippen molar-refractivity contribution in [3.63, 3.8) is 0 Å². The highest BCUT2D eigenvalue weighted by Crippen LogP contribution is 2.31. The van der Waals surface area contributed by atoms with Gasteiger partial charge in [-0.3, -0.25) is 9.59 Å². The number of carbonyl (C=O) groups excluding carboxylic acids is 2. The average Bonchev–Trinajstić information content (AvgIpc) is 3.34. The summed E-state index contributed by atoms with van der Waals surface area (Å²) < 4.78 is 12.0. The quantitative estimate of drug-likeness (QED) is 0.637. The maximum Gasteiger partial charge on any atom is 0.310 e. The molecule has 7 heteroatoms. The Kier molecular flexibility index (Phi) is 4.94. The number of amides is 1. The maximum absolute atomic E-state index is 12.8. The fourth-order valence-corrected chi connectivity index (χ4v) is 4.24. The third kappa shape index (κ3) is 3.60. The fraction of sp³-hybridized carbons (Fsp3) is 0.350. The van der Waals surface area contributed by atoms with Gasteiger partial charge < -0.3 is 14.1 Å². The van der Waals surface area contributed by atoms with Gasteiger partial charge in [0.1, 0.15) is 0 Å². The first kappa shape index (κ1) is 17.7. The third-order valence-electron chi connectivity index (χ3n) is 4.65. The van der Waals surface area contributed by atoms with Gasteiger partial charge in [0.15, 0.2) is 16.5 Å². The van der Waals surface area contributed by atoms with E-state index in [1.54, 1.807) is 24.0 Å². The second-order valence-corrected chi connectivity index (χ2v) is 7.52. The average molecular weight is 384 g/mol. The highest BCUT2D eigenvalue weighted by Gasteiger charge is 2.31. The monoisotopic (exact) mass is 384 g/mol. The van der Waals surface area contributed by atoms with E-state index in [0.717, 1.165) is 28.1 Å². The second kappa shape index (κ2) is 7.52. The highest BCUT2D eigenvalue weighted by atomic mass is 32.1. The predicted octanol–water partition coefficient (Wildman–Crippen LogP) is 3.97. The first-order chi connectivity index (χ1) is 13.2. The van der Waals surface area contributed by atoms with E-state index < -0.39 is 0 Å². The molecule has 1 amide bonds. The lowest BCUT2D eigenvalue weighted by atomic mass is 9.98. The Morgan fingerprint density at radius 1 is 1.30 bits per heavy atom. The van der Waals surface area contributed by atoms with Crippen LogP contribution in [0, 0.1) is 5.92 Å². The lowest BCUT2D eigenvalue weighted by Gasteiger charge is -2.30. The molecule has 0 aliphatic carbocycles. The van der Waals surface area contributed by atoms with Crippen molar-refractivity contribution in [3.8, 4) is 10.8 Å². The molecular weight excluding hydrogens is 364 g/mol. The van der Waals surface area contributed by atoms with Gasteiger partial charge in [0.25, 0.3) is 5.91 Å². The molecule has 0 spiro atoms. The normalized spacial score (nSPS) is 17.2. The van der Waals surface area contributed by atoms with Crippen LogP contribution < -0.4 is 0 Å². The molecule has 1 aliphatic heterocycles. The summed E-state index contributed by atoms with van der Waals surface area (Å²) in [6.07, 6.45) is 1.53. The van der Waals surface area contributed by atoms with Gasteiger partial charge in [-0.1, -0.05) is 12.1 Å². The van der Waals surface area contributed by atoms with Crippen molar-refractivity contribution < 1.29 is 18.7 Å². The van der Waals surface area contributed by atoms with E-state index >= 15 is 0 Å². The summed E-state index contributed by atoms with van der Waals surface area (Å²) in [4.78, 5) is 31.0. The Morgan fingerprint density at radius 2 is 2.15 bits per heavy atom. The summed E-state index contributed by atoms with van der Waals surface area (Å²) in [5.74, 6) is 0.162. The highest BCUT2D eigenvalue weighted by molar-refractivity contribution is 7.21. The van der Waals surface area contributed by atoms with Gasteiger partial charge in [0.2, 0.25) is 0 Å². The number of thiazole rings is 1. The van der Waals surface area contributed by atoms with Crippen LogP contribution in [0.15, 0.2) is 40.8 Å². The molecule has 27 heavy (non-hydrogen) atoms. The zero-order valence-electron chi connectivity index (χ0n) is 15.0. The number of para-hydroxylation sites is 1. The van der Waals surface area contributed by atoms with Crippen LogP contribution in [0.25, 0.3) is 21.0 Å². The van der Waals surface area contributed by atoms with E-state index in [1.165, 1.54) is 11.3 Å². The molecule has 1 aromatic carbocycles.